The SMILES string of the molecule is CC1CCN(C(=O)Cn2ccc(C(F)(F)F)n2)C(CN)C1. The van der Waals surface area contributed by atoms with Crippen LogP contribution in [0.25, 0.3) is 0 Å². The van der Waals surface area contributed by atoms with Crippen LogP contribution in [-0.4, -0.2) is 39.7 Å². The molecule has 1 saturated heterocycles. The van der Waals surface area contributed by atoms with Crippen molar-refractivity contribution in [2.75, 3.05) is 13.1 Å². The highest BCUT2D eigenvalue weighted by Gasteiger charge is 2.34. The molecule has 1 aromatic heterocycles. The number of carbonyl (C=O) groups excluding carboxylic acids is 1. The number of hydrogen-bond donors (Lipinski definition) is 1. The zero-order valence-corrected chi connectivity index (χ0v) is 11.8. The summed E-state index contributed by atoms with van der Waals surface area (Å²) in [5.41, 5.74) is 4.70. The van der Waals surface area contributed by atoms with Crippen LogP contribution < -0.4 is 5.73 Å². The van der Waals surface area contributed by atoms with E-state index in [4.69, 9.17) is 5.73 Å². The number of alkyl halides is 3. The molecule has 1 aliphatic rings. The van der Waals surface area contributed by atoms with Crippen molar-refractivity contribution < 1.29 is 18.0 Å². The van der Waals surface area contributed by atoms with Crippen LogP contribution in [0.2, 0.25) is 0 Å². The lowest BCUT2D eigenvalue weighted by atomic mass is 9.92. The van der Waals surface area contributed by atoms with E-state index in [9.17, 15) is 18.0 Å². The van der Waals surface area contributed by atoms with Crippen LogP contribution in [0.15, 0.2) is 12.3 Å². The van der Waals surface area contributed by atoms with Crippen LogP contribution in [0.1, 0.15) is 25.5 Å². The number of nitrogens with two attached hydrogens (primary N) is 1. The van der Waals surface area contributed by atoms with Gasteiger partial charge in [-0.2, -0.15) is 18.3 Å². The maximum absolute atomic E-state index is 12.5. The minimum atomic E-state index is -4.49. The quantitative estimate of drug-likeness (QED) is 0.920. The number of rotatable bonds is 3. The number of halogens is 3. The van der Waals surface area contributed by atoms with E-state index in [1.807, 2.05) is 0 Å². The predicted octanol–water partition coefficient (Wildman–Crippen LogP) is 1.49. The predicted molar refractivity (Wildman–Crippen MR) is 70.2 cm³/mol. The van der Waals surface area contributed by atoms with E-state index in [0.717, 1.165) is 23.6 Å². The molecule has 5 nitrogen and oxygen atoms in total. The van der Waals surface area contributed by atoms with Crippen LogP contribution >= 0.6 is 0 Å². The van der Waals surface area contributed by atoms with Crippen molar-refractivity contribution in [1.29, 1.82) is 0 Å². The number of aromatic nitrogens is 2. The van der Waals surface area contributed by atoms with Crippen molar-refractivity contribution in [2.24, 2.45) is 11.7 Å². The molecule has 2 N–H and O–H groups in total. The van der Waals surface area contributed by atoms with E-state index in [0.29, 0.717) is 19.0 Å². The van der Waals surface area contributed by atoms with Gasteiger partial charge in [-0.15, -0.1) is 0 Å². The Hall–Kier alpha value is -1.57. The normalized spacial score (nSPS) is 23.4. The fraction of sp³-hybridized carbons (Fsp3) is 0.692. The number of nitrogens with zero attached hydrogens (tertiary/aromatic N) is 3. The lowest BCUT2D eigenvalue weighted by molar-refractivity contribution is -0.142. The van der Waals surface area contributed by atoms with Crippen LogP contribution in [0.3, 0.4) is 0 Å². The molecule has 0 spiro atoms. The van der Waals surface area contributed by atoms with Crippen molar-refractivity contribution >= 4 is 5.91 Å². The van der Waals surface area contributed by atoms with E-state index in [1.165, 1.54) is 6.20 Å². The second kappa shape index (κ2) is 6.05. The Morgan fingerprint density at radius 2 is 2.24 bits per heavy atom. The summed E-state index contributed by atoms with van der Waals surface area (Å²) in [5, 5.41) is 3.40. The van der Waals surface area contributed by atoms with Gasteiger partial charge in [0.05, 0.1) is 0 Å². The van der Waals surface area contributed by atoms with Gasteiger partial charge in [-0.05, 0) is 24.8 Å². The fourth-order valence-corrected chi connectivity index (χ4v) is 2.63. The highest BCUT2D eigenvalue weighted by molar-refractivity contribution is 5.76. The lowest BCUT2D eigenvalue weighted by Crippen LogP contribution is -2.50. The third kappa shape index (κ3) is 3.75. The molecule has 0 radical (unpaired) electrons. The average molecular weight is 304 g/mol. The summed E-state index contributed by atoms with van der Waals surface area (Å²) >= 11 is 0. The molecule has 2 atom stereocenters. The molecule has 0 aliphatic carbocycles. The summed E-state index contributed by atoms with van der Waals surface area (Å²) in [6.45, 7) is 2.87. The second-order valence-electron chi connectivity index (χ2n) is 5.50. The van der Waals surface area contributed by atoms with Gasteiger partial charge in [0.2, 0.25) is 5.91 Å². The van der Waals surface area contributed by atoms with E-state index in [2.05, 4.69) is 12.0 Å². The zero-order chi connectivity index (χ0) is 15.6. The average Bonchev–Trinajstić information content (AvgIpc) is 2.86. The van der Waals surface area contributed by atoms with Crippen LogP contribution in [-0.2, 0) is 17.5 Å². The van der Waals surface area contributed by atoms with Crippen molar-refractivity contribution in [3.8, 4) is 0 Å². The summed E-state index contributed by atoms with van der Waals surface area (Å²) in [6, 6.07) is 0.824. The first-order valence-electron chi connectivity index (χ1n) is 6.91. The molecular weight excluding hydrogens is 285 g/mol. The molecule has 21 heavy (non-hydrogen) atoms. The number of likely N-dealkylation sites (tertiary alicyclic amines) is 1. The molecule has 118 valence electrons. The molecule has 1 fully saturated rings. The van der Waals surface area contributed by atoms with Gasteiger partial charge < -0.3 is 10.6 Å². The van der Waals surface area contributed by atoms with Gasteiger partial charge in [0.1, 0.15) is 6.54 Å². The van der Waals surface area contributed by atoms with Crippen molar-refractivity contribution in [3.63, 3.8) is 0 Å². The minimum Gasteiger partial charge on any atom is -0.337 e. The molecule has 2 rings (SSSR count). The summed E-state index contributed by atoms with van der Waals surface area (Å²) in [7, 11) is 0. The Labute approximate surface area is 120 Å². The van der Waals surface area contributed by atoms with Crippen LogP contribution in [0.4, 0.5) is 13.2 Å². The Morgan fingerprint density at radius 3 is 2.81 bits per heavy atom. The molecule has 1 aromatic rings. The first-order chi connectivity index (χ1) is 9.81. The second-order valence-corrected chi connectivity index (χ2v) is 5.50. The van der Waals surface area contributed by atoms with Crippen molar-refractivity contribution in [3.05, 3.63) is 18.0 Å². The first kappa shape index (κ1) is 15.8. The first-order valence-corrected chi connectivity index (χ1v) is 6.91. The maximum atomic E-state index is 12.5. The fourth-order valence-electron chi connectivity index (χ4n) is 2.63. The van der Waals surface area contributed by atoms with Gasteiger partial charge in [0.15, 0.2) is 5.69 Å². The monoisotopic (exact) mass is 304 g/mol. The van der Waals surface area contributed by atoms with Gasteiger partial charge in [-0.3, -0.25) is 9.48 Å². The zero-order valence-electron chi connectivity index (χ0n) is 11.8. The summed E-state index contributed by atoms with van der Waals surface area (Å²) in [5.74, 6) is 0.262. The summed E-state index contributed by atoms with van der Waals surface area (Å²) in [4.78, 5) is 13.9. The van der Waals surface area contributed by atoms with E-state index >= 15 is 0 Å². The number of carbonyl (C=O) groups is 1. The van der Waals surface area contributed by atoms with Crippen LogP contribution in [0.5, 0.6) is 0 Å². The molecule has 0 saturated carbocycles. The molecule has 2 unspecified atom stereocenters. The molecule has 1 amide bonds. The molecule has 8 heteroatoms. The standard InChI is InChI=1S/C13H19F3N4O/c1-9-2-5-20(10(6-9)7-17)12(21)8-19-4-3-11(18-19)13(14,15)16/h3-4,9-10H,2,5-8,17H2,1H3. The van der Waals surface area contributed by atoms with Gasteiger partial charge in [-0.25, -0.2) is 0 Å². The molecular formula is C13H19F3N4O. The van der Waals surface area contributed by atoms with E-state index in [-0.39, 0.29) is 18.5 Å². The maximum Gasteiger partial charge on any atom is 0.435 e. The lowest BCUT2D eigenvalue weighted by Gasteiger charge is -2.38. The molecule has 0 bridgehead atoms. The number of piperidine rings is 1. The number of amides is 1. The third-order valence-corrected chi connectivity index (χ3v) is 3.80. The largest absolute Gasteiger partial charge is 0.435 e. The number of hydrogen-bond acceptors (Lipinski definition) is 3. The van der Waals surface area contributed by atoms with Gasteiger partial charge in [0, 0.05) is 25.3 Å². The van der Waals surface area contributed by atoms with Gasteiger partial charge in [-0.1, -0.05) is 6.92 Å². The highest BCUT2D eigenvalue weighted by atomic mass is 19.4. The van der Waals surface area contributed by atoms with E-state index in [1.54, 1.807) is 4.90 Å². The van der Waals surface area contributed by atoms with Crippen molar-refractivity contribution in [1.82, 2.24) is 14.7 Å². The Kier molecular flexibility index (Phi) is 4.55. The summed E-state index contributed by atoms with van der Waals surface area (Å²) < 4.78 is 38.4. The van der Waals surface area contributed by atoms with Crippen molar-refractivity contribution in [2.45, 2.75) is 38.5 Å². The molecule has 1 aliphatic heterocycles. The molecule has 2 heterocycles. The Morgan fingerprint density at radius 1 is 1.52 bits per heavy atom. The smallest absolute Gasteiger partial charge is 0.337 e. The Balaban J connectivity index is 2.02. The molecule has 0 aromatic carbocycles. The third-order valence-electron chi connectivity index (χ3n) is 3.80. The highest BCUT2D eigenvalue weighted by Crippen LogP contribution is 2.27. The van der Waals surface area contributed by atoms with Gasteiger partial charge in [0.25, 0.3) is 0 Å². The Bertz CT molecular complexity index is 500. The van der Waals surface area contributed by atoms with E-state index < -0.39 is 11.9 Å². The minimum absolute atomic E-state index is 0.0427. The topological polar surface area (TPSA) is 64.2 Å². The van der Waals surface area contributed by atoms with Crippen LogP contribution in [0, 0.1) is 5.92 Å². The van der Waals surface area contributed by atoms with Gasteiger partial charge >= 0.3 is 6.18 Å². The summed E-state index contributed by atoms with van der Waals surface area (Å²) in [6.07, 6.45) is -1.61.